The fourth-order valence-corrected chi connectivity index (χ4v) is 2.36. The molecule has 1 fully saturated rings. The fourth-order valence-electron chi connectivity index (χ4n) is 2.36. The molecule has 5 heteroatoms. The quantitative estimate of drug-likeness (QED) is 0.705. The lowest BCUT2D eigenvalue weighted by molar-refractivity contribution is -0.138. The molecule has 1 aliphatic heterocycles. The van der Waals surface area contributed by atoms with Crippen LogP contribution in [0.3, 0.4) is 0 Å². The zero-order valence-electron chi connectivity index (χ0n) is 12.2. The summed E-state index contributed by atoms with van der Waals surface area (Å²) in [5, 5.41) is 15.1. The number of carbonyl (C=O) groups is 2. The summed E-state index contributed by atoms with van der Waals surface area (Å²) in [4.78, 5) is 22.9. The Morgan fingerprint density at radius 1 is 1.42 bits per heavy atom. The number of carbonyl (C=O) groups excluding carboxylic acids is 1. The average molecular weight is 270 g/mol. The lowest BCUT2D eigenvalue weighted by Gasteiger charge is -2.31. The summed E-state index contributed by atoms with van der Waals surface area (Å²) >= 11 is 0. The van der Waals surface area contributed by atoms with Gasteiger partial charge >= 0.3 is 5.97 Å². The molecule has 0 saturated carbocycles. The van der Waals surface area contributed by atoms with Crippen molar-refractivity contribution in [3.8, 4) is 0 Å². The minimum absolute atomic E-state index is 0.0296. The van der Waals surface area contributed by atoms with E-state index in [0.717, 1.165) is 25.9 Å². The molecule has 19 heavy (non-hydrogen) atoms. The summed E-state index contributed by atoms with van der Waals surface area (Å²) in [7, 11) is 0. The number of piperidine rings is 1. The van der Waals surface area contributed by atoms with Gasteiger partial charge in [0.1, 0.15) is 0 Å². The van der Waals surface area contributed by atoms with Crippen LogP contribution >= 0.6 is 0 Å². The first kappa shape index (κ1) is 16.0. The third-order valence-corrected chi connectivity index (χ3v) is 3.63. The van der Waals surface area contributed by atoms with E-state index in [0.29, 0.717) is 12.3 Å². The molecule has 0 aromatic carbocycles. The molecule has 1 rings (SSSR count). The van der Waals surface area contributed by atoms with Crippen LogP contribution in [0.15, 0.2) is 0 Å². The first-order chi connectivity index (χ1) is 8.79. The molecule has 0 bridgehead atoms. The highest BCUT2D eigenvalue weighted by atomic mass is 16.4. The standard InChI is InChI=1S/C14H26N2O3/c1-14(2,3)11(8-13(18)19)16-12(17)7-10-5-4-6-15-9-10/h10-11,15H,4-9H2,1-3H3,(H,16,17)(H,18,19). The summed E-state index contributed by atoms with van der Waals surface area (Å²) in [5.74, 6) is -0.534. The van der Waals surface area contributed by atoms with E-state index in [1.807, 2.05) is 20.8 Å². The van der Waals surface area contributed by atoms with Crippen LogP contribution in [-0.4, -0.2) is 36.1 Å². The first-order valence-corrected chi connectivity index (χ1v) is 7.01. The molecule has 1 heterocycles. The van der Waals surface area contributed by atoms with Gasteiger partial charge < -0.3 is 15.7 Å². The third kappa shape index (κ3) is 6.05. The molecule has 0 aromatic rings. The number of aliphatic carboxylic acids is 1. The SMILES string of the molecule is CC(C)(C)C(CC(=O)O)NC(=O)CC1CCCNC1. The van der Waals surface area contributed by atoms with E-state index in [2.05, 4.69) is 10.6 Å². The second-order valence-corrected chi connectivity index (χ2v) is 6.50. The van der Waals surface area contributed by atoms with Gasteiger partial charge in [-0.3, -0.25) is 9.59 Å². The Kier molecular flexibility index (Phi) is 5.79. The van der Waals surface area contributed by atoms with Crippen molar-refractivity contribution in [3.05, 3.63) is 0 Å². The molecule has 0 aliphatic carbocycles. The van der Waals surface area contributed by atoms with Crippen LogP contribution < -0.4 is 10.6 Å². The molecule has 2 atom stereocenters. The normalized spacial score (nSPS) is 21.7. The van der Waals surface area contributed by atoms with Crippen LogP contribution in [0.4, 0.5) is 0 Å². The van der Waals surface area contributed by atoms with Gasteiger partial charge in [0, 0.05) is 12.5 Å². The van der Waals surface area contributed by atoms with Gasteiger partial charge in [-0.25, -0.2) is 0 Å². The van der Waals surface area contributed by atoms with Gasteiger partial charge in [0.2, 0.25) is 5.91 Å². The number of nitrogens with one attached hydrogen (secondary N) is 2. The highest BCUT2D eigenvalue weighted by Gasteiger charge is 2.29. The number of rotatable bonds is 5. The van der Waals surface area contributed by atoms with E-state index >= 15 is 0 Å². The van der Waals surface area contributed by atoms with E-state index in [9.17, 15) is 9.59 Å². The Balaban J connectivity index is 2.48. The van der Waals surface area contributed by atoms with Gasteiger partial charge in [0.15, 0.2) is 0 Å². The minimum atomic E-state index is -0.875. The Morgan fingerprint density at radius 3 is 2.58 bits per heavy atom. The maximum absolute atomic E-state index is 12.0. The van der Waals surface area contributed by atoms with Crippen LogP contribution in [-0.2, 0) is 9.59 Å². The first-order valence-electron chi connectivity index (χ1n) is 7.01. The number of hydrogen-bond donors (Lipinski definition) is 3. The zero-order chi connectivity index (χ0) is 14.5. The minimum Gasteiger partial charge on any atom is -0.481 e. The molecule has 3 N–H and O–H groups in total. The third-order valence-electron chi connectivity index (χ3n) is 3.63. The van der Waals surface area contributed by atoms with Crippen molar-refractivity contribution in [1.29, 1.82) is 0 Å². The Labute approximate surface area is 115 Å². The van der Waals surface area contributed by atoms with Crippen LogP contribution in [0, 0.1) is 11.3 Å². The monoisotopic (exact) mass is 270 g/mol. The van der Waals surface area contributed by atoms with E-state index in [1.54, 1.807) is 0 Å². The smallest absolute Gasteiger partial charge is 0.305 e. The highest BCUT2D eigenvalue weighted by Crippen LogP contribution is 2.22. The largest absolute Gasteiger partial charge is 0.481 e. The van der Waals surface area contributed by atoms with Crippen molar-refractivity contribution in [1.82, 2.24) is 10.6 Å². The molecule has 0 spiro atoms. The predicted octanol–water partition coefficient (Wildman–Crippen LogP) is 1.38. The van der Waals surface area contributed by atoms with Gasteiger partial charge in [0.05, 0.1) is 6.42 Å². The molecule has 2 unspecified atom stereocenters. The summed E-state index contributed by atoms with van der Waals surface area (Å²) in [6, 6.07) is -0.325. The van der Waals surface area contributed by atoms with Gasteiger partial charge in [-0.05, 0) is 37.3 Å². The number of hydrogen-bond acceptors (Lipinski definition) is 3. The zero-order valence-corrected chi connectivity index (χ0v) is 12.2. The van der Waals surface area contributed by atoms with Crippen molar-refractivity contribution in [3.63, 3.8) is 0 Å². The molecular weight excluding hydrogens is 244 g/mol. The number of carboxylic acid groups (broad SMARTS) is 1. The van der Waals surface area contributed by atoms with E-state index in [1.165, 1.54) is 0 Å². The average Bonchev–Trinajstić information content (AvgIpc) is 2.27. The highest BCUT2D eigenvalue weighted by molar-refractivity contribution is 5.77. The second kappa shape index (κ2) is 6.89. The summed E-state index contributed by atoms with van der Waals surface area (Å²) in [6.45, 7) is 7.75. The van der Waals surface area contributed by atoms with Crippen LogP contribution in [0.2, 0.25) is 0 Å². The molecular formula is C14H26N2O3. The van der Waals surface area contributed by atoms with E-state index < -0.39 is 5.97 Å². The second-order valence-electron chi connectivity index (χ2n) is 6.50. The van der Waals surface area contributed by atoms with Gasteiger partial charge in [0.25, 0.3) is 0 Å². The van der Waals surface area contributed by atoms with Gasteiger partial charge in [-0.1, -0.05) is 20.8 Å². The number of carboxylic acids is 1. The molecule has 0 radical (unpaired) electrons. The van der Waals surface area contributed by atoms with Crippen LogP contribution in [0.5, 0.6) is 0 Å². The molecule has 5 nitrogen and oxygen atoms in total. The van der Waals surface area contributed by atoms with Crippen molar-refractivity contribution in [2.24, 2.45) is 11.3 Å². The molecule has 1 aliphatic rings. The van der Waals surface area contributed by atoms with Crippen molar-refractivity contribution < 1.29 is 14.7 Å². The summed E-state index contributed by atoms with van der Waals surface area (Å²) < 4.78 is 0. The van der Waals surface area contributed by atoms with E-state index in [4.69, 9.17) is 5.11 Å². The summed E-state index contributed by atoms with van der Waals surface area (Å²) in [6.07, 6.45) is 2.63. The summed E-state index contributed by atoms with van der Waals surface area (Å²) in [5.41, 5.74) is -0.251. The Hall–Kier alpha value is -1.10. The molecule has 1 saturated heterocycles. The Bertz CT molecular complexity index is 317. The maximum Gasteiger partial charge on any atom is 0.305 e. The topological polar surface area (TPSA) is 78.4 Å². The van der Waals surface area contributed by atoms with Crippen molar-refractivity contribution in [2.45, 2.75) is 52.5 Å². The van der Waals surface area contributed by atoms with Crippen molar-refractivity contribution in [2.75, 3.05) is 13.1 Å². The molecule has 110 valence electrons. The maximum atomic E-state index is 12.0. The van der Waals surface area contributed by atoms with Crippen molar-refractivity contribution >= 4 is 11.9 Å². The van der Waals surface area contributed by atoms with E-state index in [-0.39, 0.29) is 23.8 Å². The molecule has 0 aromatic heterocycles. The van der Waals surface area contributed by atoms with Gasteiger partial charge in [-0.2, -0.15) is 0 Å². The van der Waals surface area contributed by atoms with Crippen LogP contribution in [0.25, 0.3) is 0 Å². The fraction of sp³-hybridized carbons (Fsp3) is 0.857. The number of amides is 1. The lowest BCUT2D eigenvalue weighted by atomic mass is 9.84. The predicted molar refractivity (Wildman–Crippen MR) is 73.8 cm³/mol. The van der Waals surface area contributed by atoms with Crippen LogP contribution in [0.1, 0.15) is 46.5 Å². The Morgan fingerprint density at radius 2 is 2.11 bits per heavy atom. The van der Waals surface area contributed by atoms with Gasteiger partial charge in [-0.15, -0.1) is 0 Å². The lowest BCUT2D eigenvalue weighted by Crippen LogP contribution is -2.46. The molecule has 1 amide bonds.